The summed E-state index contributed by atoms with van der Waals surface area (Å²) < 4.78 is 22.2. The Morgan fingerprint density at radius 3 is 1.28 bits per heavy atom. The Morgan fingerprint density at radius 1 is 0.533 bits per heavy atom. The van der Waals surface area contributed by atoms with Crippen molar-refractivity contribution in [3.05, 3.63) is 36.5 Å². The molecule has 0 aliphatic heterocycles. The van der Waals surface area contributed by atoms with Gasteiger partial charge in [0.15, 0.2) is 0 Å². The average Bonchev–Trinajstić information content (AvgIpc) is 3.24. The van der Waals surface area contributed by atoms with Gasteiger partial charge in [-0.15, -0.1) is 0 Å². The lowest BCUT2D eigenvalue weighted by Crippen LogP contribution is -2.45. The number of unbranched alkanes of at least 4 members (excludes halogenated alkanes) is 32. The highest BCUT2D eigenvalue weighted by Gasteiger charge is 2.26. The molecular formula is C51H99N2O6P. The molecular weight excluding hydrogens is 768 g/mol. The van der Waals surface area contributed by atoms with E-state index in [1.165, 1.54) is 186 Å². The number of allylic oxidation sites excluding steroid dienone is 5. The first-order valence-corrected chi connectivity index (χ1v) is 27.1. The van der Waals surface area contributed by atoms with Gasteiger partial charge in [0.25, 0.3) is 0 Å². The van der Waals surface area contributed by atoms with Crippen LogP contribution in [0.4, 0.5) is 0 Å². The minimum atomic E-state index is -4.35. The third-order valence-electron chi connectivity index (χ3n) is 11.4. The fourth-order valence-corrected chi connectivity index (χ4v) is 8.34. The van der Waals surface area contributed by atoms with Crippen LogP contribution in [-0.4, -0.2) is 47.8 Å². The van der Waals surface area contributed by atoms with Crippen molar-refractivity contribution < 1.29 is 28.4 Å². The summed E-state index contributed by atoms with van der Waals surface area (Å²) in [6.07, 6.45) is 57.8. The van der Waals surface area contributed by atoms with Crippen LogP contribution >= 0.6 is 7.82 Å². The van der Waals surface area contributed by atoms with Crippen molar-refractivity contribution in [1.29, 1.82) is 0 Å². The van der Waals surface area contributed by atoms with Gasteiger partial charge >= 0.3 is 7.82 Å². The average molecular weight is 867 g/mol. The predicted octanol–water partition coefficient (Wildman–Crippen LogP) is 15.1. The molecule has 354 valence electrons. The molecule has 0 aromatic carbocycles. The fraction of sp³-hybridized carbons (Fsp3) is 0.863. The summed E-state index contributed by atoms with van der Waals surface area (Å²) >= 11 is 0. The molecule has 0 heterocycles. The molecule has 3 atom stereocenters. The second-order valence-electron chi connectivity index (χ2n) is 17.4. The van der Waals surface area contributed by atoms with E-state index in [0.717, 1.165) is 44.9 Å². The SMILES string of the molecule is CCCCCCCCCCCCC/C=C/CC/C=C/CC/C=C/C(O)C(COP(=O)(O)OCCN)NC(=O)CCCCCCCCCCCCCCCCCCCCCC. The van der Waals surface area contributed by atoms with Gasteiger partial charge in [0.1, 0.15) is 0 Å². The maximum absolute atomic E-state index is 12.8. The fourth-order valence-electron chi connectivity index (χ4n) is 7.58. The Hall–Kier alpha value is -1.28. The van der Waals surface area contributed by atoms with Crippen molar-refractivity contribution >= 4 is 13.7 Å². The van der Waals surface area contributed by atoms with Crippen LogP contribution < -0.4 is 11.1 Å². The van der Waals surface area contributed by atoms with E-state index >= 15 is 0 Å². The lowest BCUT2D eigenvalue weighted by molar-refractivity contribution is -0.123. The van der Waals surface area contributed by atoms with Crippen molar-refractivity contribution in [2.45, 2.75) is 264 Å². The quantitative estimate of drug-likeness (QED) is 0.0272. The molecule has 1 amide bonds. The van der Waals surface area contributed by atoms with Crippen LogP contribution in [0, 0.1) is 0 Å². The summed E-state index contributed by atoms with van der Waals surface area (Å²) in [4.78, 5) is 22.8. The van der Waals surface area contributed by atoms with E-state index < -0.39 is 20.0 Å². The minimum Gasteiger partial charge on any atom is -0.387 e. The number of phosphoric ester groups is 1. The smallest absolute Gasteiger partial charge is 0.387 e. The summed E-state index contributed by atoms with van der Waals surface area (Å²) in [5.74, 6) is -0.204. The number of hydrogen-bond acceptors (Lipinski definition) is 6. The highest BCUT2D eigenvalue weighted by molar-refractivity contribution is 7.47. The number of rotatable bonds is 48. The van der Waals surface area contributed by atoms with E-state index in [2.05, 4.69) is 43.5 Å². The number of hydrogen-bond donors (Lipinski definition) is 4. The molecule has 60 heavy (non-hydrogen) atoms. The van der Waals surface area contributed by atoms with Crippen LogP contribution in [-0.2, 0) is 18.4 Å². The van der Waals surface area contributed by atoms with Gasteiger partial charge in [-0.25, -0.2) is 4.57 Å². The lowest BCUT2D eigenvalue weighted by Gasteiger charge is -2.23. The molecule has 0 aliphatic carbocycles. The Bertz CT molecular complexity index is 1040. The third-order valence-corrected chi connectivity index (χ3v) is 12.4. The molecule has 5 N–H and O–H groups in total. The molecule has 0 radical (unpaired) electrons. The van der Waals surface area contributed by atoms with Gasteiger partial charge in [-0.3, -0.25) is 13.8 Å². The van der Waals surface area contributed by atoms with Gasteiger partial charge in [-0.05, 0) is 44.9 Å². The van der Waals surface area contributed by atoms with Crippen LogP contribution in [0.25, 0.3) is 0 Å². The number of phosphoric acid groups is 1. The van der Waals surface area contributed by atoms with Crippen molar-refractivity contribution in [2.24, 2.45) is 5.73 Å². The molecule has 0 aromatic heterocycles. The van der Waals surface area contributed by atoms with E-state index in [0.29, 0.717) is 6.42 Å². The molecule has 0 fully saturated rings. The first-order valence-electron chi connectivity index (χ1n) is 25.6. The molecule has 0 bridgehead atoms. The molecule has 0 rings (SSSR count). The lowest BCUT2D eigenvalue weighted by atomic mass is 10.0. The van der Waals surface area contributed by atoms with Crippen molar-refractivity contribution in [3.8, 4) is 0 Å². The molecule has 0 saturated heterocycles. The predicted molar refractivity (Wildman–Crippen MR) is 258 cm³/mol. The second-order valence-corrected chi connectivity index (χ2v) is 18.8. The van der Waals surface area contributed by atoms with Crippen molar-refractivity contribution in [2.75, 3.05) is 19.8 Å². The molecule has 0 aliphatic rings. The Balaban J connectivity index is 4.16. The minimum absolute atomic E-state index is 0.0730. The Labute approximate surface area is 371 Å². The highest BCUT2D eigenvalue weighted by Crippen LogP contribution is 2.43. The van der Waals surface area contributed by atoms with Gasteiger partial charge in [0.2, 0.25) is 5.91 Å². The second kappa shape index (κ2) is 47.2. The monoisotopic (exact) mass is 867 g/mol. The largest absolute Gasteiger partial charge is 0.472 e. The first kappa shape index (κ1) is 58.7. The topological polar surface area (TPSA) is 131 Å². The van der Waals surface area contributed by atoms with Gasteiger partial charge in [0.05, 0.1) is 25.4 Å². The third kappa shape index (κ3) is 44.8. The first-order chi connectivity index (χ1) is 29.4. The normalized spacial score (nSPS) is 14.2. The zero-order valence-electron chi connectivity index (χ0n) is 39.5. The van der Waals surface area contributed by atoms with E-state index in [1.807, 2.05) is 6.08 Å². The summed E-state index contributed by atoms with van der Waals surface area (Å²) in [6, 6.07) is -0.881. The molecule has 0 saturated carbocycles. The maximum Gasteiger partial charge on any atom is 0.472 e. The number of nitrogens with two attached hydrogens (primary N) is 1. The number of aliphatic hydroxyl groups is 1. The van der Waals surface area contributed by atoms with E-state index in [9.17, 15) is 19.4 Å². The molecule has 8 nitrogen and oxygen atoms in total. The maximum atomic E-state index is 12.8. The molecule has 0 spiro atoms. The summed E-state index contributed by atoms with van der Waals surface area (Å²) in [5, 5.41) is 13.7. The van der Waals surface area contributed by atoms with E-state index in [1.54, 1.807) is 6.08 Å². The van der Waals surface area contributed by atoms with Crippen LogP contribution in [0.5, 0.6) is 0 Å². The van der Waals surface area contributed by atoms with E-state index in [-0.39, 0.29) is 25.7 Å². The van der Waals surface area contributed by atoms with Crippen molar-refractivity contribution in [3.63, 3.8) is 0 Å². The summed E-state index contributed by atoms with van der Waals surface area (Å²) in [5.41, 5.74) is 5.39. The van der Waals surface area contributed by atoms with Gasteiger partial charge < -0.3 is 21.1 Å². The molecule has 3 unspecified atom stereocenters. The number of carbonyl (C=O) groups excluding carboxylic acids is 1. The van der Waals surface area contributed by atoms with Gasteiger partial charge in [0, 0.05) is 13.0 Å². The highest BCUT2D eigenvalue weighted by atomic mass is 31.2. The Kier molecular flexibility index (Phi) is 46.2. The summed E-state index contributed by atoms with van der Waals surface area (Å²) in [7, 11) is -4.35. The van der Waals surface area contributed by atoms with E-state index in [4.69, 9.17) is 14.8 Å². The van der Waals surface area contributed by atoms with Gasteiger partial charge in [-0.2, -0.15) is 0 Å². The molecule has 0 aromatic rings. The number of aliphatic hydroxyl groups excluding tert-OH is 1. The zero-order valence-corrected chi connectivity index (χ0v) is 40.3. The van der Waals surface area contributed by atoms with Crippen LogP contribution in [0.2, 0.25) is 0 Å². The van der Waals surface area contributed by atoms with Crippen LogP contribution in [0.15, 0.2) is 36.5 Å². The van der Waals surface area contributed by atoms with Crippen LogP contribution in [0.3, 0.4) is 0 Å². The number of carbonyl (C=O) groups is 1. The number of amides is 1. The standard InChI is InChI=1S/C51H99N2O6P/c1-3-5-7-9-11-13-15-17-19-21-23-25-26-28-30-32-34-36-38-40-42-44-50(54)49(48-59-60(56,57)58-47-46-52)53-51(55)45-43-41-39-37-35-33-31-29-27-24-22-20-18-16-14-12-10-8-6-4-2/h26,28,34,36,42,44,49-50,54H,3-25,27,29-33,35,37-41,43,45-48,52H2,1-2H3,(H,53,55)(H,56,57)/b28-26+,36-34+,44-42+. The zero-order chi connectivity index (χ0) is 43.9. The number of nitrogens with one attached hydrogen (secondary N) is 1. The van der Waals surface area contributed by atoms with Gasteiger partial charge in [-0.1, -0.05) is 237 Å². The molecule has 9 heteroatoms. The van der Waals surface area contributed by atoms with Crippen LogP contribution in [0.1, 0.15) is 251 Å². The summed E-state index contributed by atoms with van der Waals surface area (Å²) in [6.45, 7) is 4.14. The van der Waals surface area contributed by atoms with Crippen molar-refractivity contribution in [1.82, 2.24) is 5.32 Å². The Morgan fingerprint density at radius 2 is 0.883 bits per heavy atom.